The molecule has 0 unspecified atom stereocenters. The summed E-state index contributed by atoms with van der Waals surface area (Å²) in [6.45, 7) is 2.07. The summed E-state index contributed by atoms with van der Waals surface area (Å²) in [7, 11) is 3.06. The van der Waals surface area contributed by atoms with Crippen LogP contribution in [0.4, 0.5) is 0 Å². The summed E-state index contributed by atoms with van der Waals surface area (Å²) in [5.74, 6) is 0.485. The molecule has 0 fully saturated rings. The third kappa shape index (κ3) is 2.99. The van der Waals surface area contributed by atoms with E-state index in [-0.39, 0.29) is 0 Å². The van der Waals surface area contributed by atoms with Gasteiger partial charge in [0.15, 0.2) is 11.5 Å². The monoisotopic (exact) mass is 286 g/mol. The lowest BCUT2D eigenvalue weighted by Crippen LogP contribution is -2.08. The molecule has 4 heteroatoms. The number of carbonyl (C=O) groups excluding carboxylic acids is 1. The van der Waals surface area contributed by atoms with E-state index in [1.807, 2.05) is 36.4 Å². The fourth-order valence-corrected chi connectivity index (χ4v) is 2.18. The number of carbonyl (C=O) groups is 1. The summed E-state index contributed by atoms with van der Waals surface area (Å²) in [5.41, 5.74) is 2.21. The fraction of sp³-hybridized carbons (Fsp3) is 0.235. The van der Waals surface area contributed by atoms with Gasteiger partial charge in [0.25, 0.3) is 0 Å². The van der Waals surface area contributed by atoms with Gasteiger partial charge in [-0.2, -0.15) is 0 Å². The minimum atomic E-state index is -0.424. The number of esters is 1. The molecule has 0 aromatic heterocycles. The lowest BCUT2D eigenvalue weighted by atomic mass is 10.0. The van der Waals surface area contributed by atoms with E-state index in [4.69, 9.17) is 14.2 Å². The molecule has 0 spiro atoms. The Morgan fingerprint density at radius 2 is 1.62 bits per heavy atom. The summed E-state index contributed by atoms with van der Waals surface area (Å²) < 4.78 is 15.9. The Balaban J connectivity index is 2.58. The molecule has 0 saturated carbocycles. The van der Waals surface area contributed by atoms with Crippen molar-refractivity contribution in [3.63, 3.8) is 0 Å². The van der Waals surface area contributed by atoms with Crippen LogP contribution >= 0.6 is 0 Å². The SMILES string of the molecule is CCOC(=O)c1ccc(-c2ccccc2)c(OC)c1OC. The van der Waals surface area contributed by atoms with Crippen molar-refractivity contribution >= 4 is 5.97 Å². The molecule has 2 aromatic rings. The van der Waals surface area contributed by atoms with Gasteiger partial charge in [-0.1, -0.05) is 30.3 Å². The van der Waals surface area contributed by atoms with Crippen LogP contribution in [0, 0.1) is 0 Å². The van der Waals surface area contributed by atoms with E-state index in [0.717, 1.165) is 11.1 Å². The molecular formula is C17H18O4. The van der Waals surface area contributed by atoms with Gasteiger partial charge in [0.1, 0.15) is 5.56 Å². The van der Waals surface area contributed by atoms with E-state index >= 15 is 0 Å². The molecule has 0 bridgehead atoms. The first-order valence-corrected chi connectivity index (χ1v) is 6.70. The van der Waals surface area contributed by atoms with E-state index in [1.54, 1.807) is 20.1 Å². The zero-order valence-electron chi connectivity index (χ0n) is 12.4. The molecule has 0 aliphatic rings. The Bertz CT molecular complexity index is 620. The molecule has 2 rings (SSSR count). The van der Waals surface area contributed by atoms with Crippen molar-refractivity contribution < 1.29 is 19.0 Å². The summed E-state index contributed by atoms with van der Waals surface area (Å²) in [6, 6.07) is 13.3. The molecule has 2 aromatic carbocycles. The zero-order valence-corrected chi connectivity index (χ0v) is 12.4. The molecule has 0 atom stereocenters. The van der Waals surface area contributed by atoms with Gasteiger partial charge in [0.2, 0.25) is 0 Å². The minimum absolute atomic E-state index is 0.310. The normalized spacial score (nSPS) is 10.0. The van der Waals surface area contributed by atoms with Crippen LogP contribution in [0.3, 0.4) is 0 Å². The first kappa shape index (κ1) is 14.9. The molecule has 0 amide bonds. The van der Waals surface area contributed by atoms with Crippen LogP contribution in [0.1, 0.15) is 17.3 Å². The minimum Gasteiger partial charge on any atom is -0.492 e. The highest BCUT2D eigenvalue weighted by Crippen LogP contribution is 2.40. The van der Waals surface area contributed by atoms with Gasteiger partial charge in [-0.25, -0.2) is 4.79 Å². The second-order valence-corrected chi connectivity index (χ2v) is 4.31. The maximum Gasteiger partial charge on any atom is 0.342 e. The number of hydrogen-bond donors (Lipinski definition) is 0. The van der Waals surface area contributed by atoms with Crippen molar-refractivity contribution in [2.45, 2.75) is 6.92 Å². The van der Waals surface area contributed by atoms with Crippen LogP contribution in [0.15, 0.2) is 42.5 Å². The Kier molecular flexibility index (Phi) is 4.82. The smallest absolute Gasteiger partial charge is 0.342 e. The number of rotatable bonds is 5. The van der Waals surface area contributed by atoms with Crippen LogP contribution in [0.5, 0.6) is 11.5 Å². The highest BCUT2D eigenvalue weighted by atomic mass is 16.5. The average molecular weight is 286 g/mol. The molecular weight excluding hydrogens is 268 g/mol. The van der Waals surface area contributed by atoms with Crippen molar-refractivity contribution in [2.75, 3.05) is 20.8 Å². The van der Waals surface area contributed by atoms with E-state index in [1.165, 1.54) is 7.11 Å². The van der Waals surface area contributed by atoms with E-state index in [2.05, 4.69) is 0 Å². The molecule has 110 valence electrons. The Morgan fingerprint density at radius 3 is 2.19 bits per heavy atom. The summed E-state index contributed by atoms with van der Waals surface area (Å²) in [6.07, 6.45) is 0. The van der Waals surface area contributed by atoms with Crippen LogP contribution in [-0.4, -0.2) is 26.8 Å². The first-order chi connectivity index (χ1) is 10.2. The summed E-state index contributed by atoms with van der Waals surface area (Å²) in [5, 5.41) is 0. The van der Waals surface area contributed by atoms with Gasteiger partial charge < -0.3 is 14.2 Å². The predicted octanol–water partition coefficient (Wildman–Crippen LogP) is 3.55. The third-order valence-corrected chi connectivity index (χ3v) is 3.10. The largest absolute Gasteiger partial charge is 0.492 e. The van der Waals surface area contributed by atoms with Gasteiger partial charge in [-0.15, -0.1) is 0 Å². The van der Waals surface area contributed by atoms with Crippen molar-refractivity contribution in [2.24, 2.45) is 0 Å². The van der Waals surface area contributed by atoms with Crippen LogP contribution in [0.2, 0.25) is 0 Å². The number of hydrogen-bond acceptors (Lipinski definition) is 4. The maximum atomic E-state index is 12.0. The van der Waals surface area contributed by atoms with Crippen molar-refractivity contribution in [1.82, 2.24) is 0 Å². The second kappa shape index (κ2) is 6.79. The van der Waals surface area contributed by atoms with E-state index in [9.17, 15) is 4.79 Å². The van der Waals surface area contributed by atoms with Gasteiger partial charge in [-0.3, -0.25) is 0 Å². The molecule has 0 radical (unpaired) electrons. The second-order valence-electron chi connectivity index (χ2n) is 4.31. The standard InChI is InChI=1S/C17H18O4/c1-4-21-17(18)14-11-10-13(12-8-6-5-7-9-12)15(19-2)16(14)20-3/h5-11H,4H2,1-3H3. The predicted molar refractivity (Wildman–Crippen MR) is 80.9 cm³/mol. The number of benzene rings is 2. The summed E-state index contributed by atoms with van der Waals surface area (Å²) >= 11 is 0. The Hall–Kier alpha value is -2.49. The van der Waals surface area contributed by atoms with Crippen molar-refractivity contribution in [3.8, 4) is 22.6 Å². The van der Waals surface area contributed by atoms with Crippen molar-refractivity contribution in [3.05, 3.63) is 48.0 Å². The topological polar surface area (TPSA) is 44.8 Å². The molecule has 0 aliphatic carbocycles. The molecule has 0 heterocycles. The van der Waals surface area contributed by atoms with Gasteiger partial charge >= 0.3 is 5.97 Å². The third-order valence-electron chi connectivity index (χ3n) is 3.10. The highest BCUT2D eigenvalue weighted by molar-refractivity contribution is 5.95. The van der Waals surface area contributed by atoms with Gasteiger partial charge in [0, 0.05) is 5.56 Å². The molecule has 0 aliphatic heterocycles. The lowest BCUT2D eigenvalue weighted by Gasteiger charge is -2.16. The molecule has 4 nitrogen and oxygen atoms in total. The highest BCUT2D eigenvalue weighted by Gasteiger charge is 2.21. The van der Waals surface area contributed by atoms with Crippen LogP contribution in [0.25, 0.3) is 11.1 Å². The summed E-state index contributed by atoms with van der Waals surface area (Å²) in [4.78, 5) is 12.0. The Labute approximate surface area is 124 Å². The zero-order chi connectivity index (χ0) is 15.2. The number of ether oxygens (including phenoxy) is 3. The number of methoxy groups -OCH3 is 2. The first-order valence-electron chi connectivity index (χ1n) is 6.70. The van der Waals surface area contributed by atoms with E-state index in [0.29, 0.717) is 23.7 Å². The maximum absolute atomic E-state index is 12.0. The average Bonchev–Trinajstić information content (AvgIpc) is 2.54. The van der Waals surface area contributed by atoms with Crippen LogP contribution in [-0.2, 0) is 4.74 Å². The Morgan fingerprint density at radius 1 is 0.952 bits per heavy atom. The fourth-order valence-electron chi connectivity index (χ4n) is 2.18. The van der Waals surface area contributed by atoms with Gasteiger partial charge in [-0.05, 0) is 24.6 Å². The molecule has 21 heavy (non-hydrogen) atoms. The lowest BCUT2D eigenvalue weighted by molar-refractivity contribution is 0.0522. The van der Waals surface area contributed by atoms with Crippen molar-refractivity contribution in [1.29, 1.82) is 0 Å². The molecule has 0 saturated heterocycles. The van der Waals surface area contributed by atoms with Gasteiger partial charge in [0.05, 0.1) is 20.8 Å². The van der Waals surface area contributed by atoms with E-state index < -0.39 is 5.97 Å². The quantitative estimate of drug-likeness (QED) is 0.788. The van der Waals surface area contributed by atoms with Crippen LogP contribution < -0.4 is 9.47 Å². The molecule has 0 N–H and O–H groups in total.